The molecule has 0 fully saturated rings. The number of aliphatic hydroxyl groups excluding tert-OH is 1. The Labute approximate surface area is 121 Å². The standard InChI is InChI=1S/C15H12ClN3O/c1-10(20)9-11-5-7-12(8-6-11)13-3-2-4-14-15(13)18-19(16)17-14/h2-8,20H,1,9H2. The highest BCUT2D eigenvalue weighted by Gasteiger charge is 2.08. The molecule has 3 rings (SSSR count). The van der Waals surface area contributed by atoms with Gasteiger partial charge in [0.05, 0.1) is 17.5 Å². The number of hydrogen-bond donors (Lipinski definition) is 1. The topological polar surface area (TPSA) is 50.9 Å². The fourth-order valence-corrected chi connectivity index (χ4v) is 2.34. The molecule has 0 amide bonds. The SMILES string of the molecule is C=C(O)Cc1ccc(-c2cccc3nn(Cl)nc23)cc1. The average molecular weight is 286 g/mol. The summed E-state index contributed by atoms with van der Waals surface area (Å²) in [4.78, 5) is 0. The number of halogens is 1. The number of hydrogen-bond acceptors (Lipinski definition) is 3. The Hall–Kier alpha value is -2.33. The fourth-order valence-electron chi connectivity index (χ4n) is 2.18. The Morgan fingerprint density at radius 2 is 1.90 bits per heavy atom. The molecule has 1 heterocycles. The van der Waals surface area contributed by atoms with E-state index in [0.29, 0.717) is 6.42 Å². The van der Waals surface area contributed by atoms with Gasteiger partial charge in [-0.05, 0) is 17.2 Å². The third-order valence-electron chi connectivity index (χ3n) is 3.06. The van der Waals surface area contributed by atoms with Gasteiger partial charge < -0.3 is 5.11 Å². The molecule has 1 aromatic heterocycles. The molecule has 0 bridgehead atoms. The molecule has 3 aromatic rings. The van der Waals surface area contributed by atoms with Crippen LogP contribution >= 0.6 is 11.8 Å². The van der Waals surface area contributed by atoms with Crippen LogP contribution in [-0.4, -0.2) is 19.6 Å². The van der Waals surface area contributed by atoms with E-state index in [9.17, 15) is 5.11 Å². The highest BCUT2D eigenvalue weighted by Crippen LogP contribution is 2.27. The summed E-state index contributed by atoms with van der Waals surface area (Å²) in [5.41, 5.74) is 4.53. The molecule has 5 heteroatoms. The minimum atomic E-state index is 0.157. The first-order chi connectivity index (χ1) is 9.63. The zero-order valence-corrected chi connectivity index (χ0v) is 11.4. The van der Waals surface area contributed by atoms with Crippen molar-refractivity contribution in [3.8, 4) is 11.1 Å². The second kappa shape index (κ2) is 4.98. The van der Waals surface area contributed by atoms with Gasteiger partial charge in [-0.1, -0.05) is 47.3 Å². The molecule has 0 radical (unpaired) electrons. The summed E-state index contributed by atoms with van der Waals surface area (Å²) in [6.07, 6.45) is 0.461. The van der Waals surface area contributed by atoms with Crippen LogP contribution in [0, 0.1) is 0 Å². The lowest BCUT2D eigenvalue weighted by Gasteiger charge is -2.04. The molecule has 0 aliphatic heterocycles. The number of aliphatic hydroxyl groups is 1. The van der Waals surface area contributed by atoms with Crippen molar-refractivity contribution in [2.75, 3.05) is 0 Å². The Bertz CT molecular complexity index is 777. The number of benzene rings is 2. The van der Waals surface area contributed by atoms with Crippen LogP contribution in [0.2, 0.25) is 0 Å². The predicted octanol–water partition coefficient (Wildman–Crippen LogP) is 3.71. The number of allylic oxidation sites excluding steroid dienone is 1. The van der Waals surface area contributed by atoms with E-state index in [1.54, 1.807) is 0 Å². The molecular weight excluding hydrogens is 274 g/mol. The van der Waals surface area contributed by atoms with Crippen LogP contribution in [0.15, 0.2) is 54.8 Å². The molecule has 0 aliphatic rings. The van der Waals surface area contributed by atoms with Gasteiger partial charge in [-0.3, -0.25) is 0 Å². The summed E-state index contributed by atoms with van der Waals surface area (Å²) in [5, 5.41) is 17.5. The van der Waals surface area contributed by atoms with E-state index >= 15 is 0 Å². The van der Waals surface area contributed by atoms with E-state index in [4.69, 9.17) is 11.8 Å². The first-order valence-corrected chi connectivity index (χ1v) is 6.45. The van der Waals surface area contributed by atoms with Gasteiger partial charge in [-0.15, -0.1) is 10.2 Å². The van der Waals surface area contributed by atoms with Crippen LogP contribution in [0.3, 0.4) is 0 Å². The molecule has 0 unspecified atom stereocenters. The zero-order chi connectivity index (χ0) is 14.1. The van der Waals surface area contributed by atoms with Gasteiger partial charge in [0.15, 0.2) is 0 Å². The van der Waals surface area contributed by atoms with Gasteiger partial charge in [0, 0.05) is 12.0 Å². The maximum absolute atomic E-state index is 9.21. The lowest BCUT2D eigenvalue weighted by Crippen LogP contribution is -1.88. The summed E-state index contributed by atoms with van der Waals surface area (Å²) in [5.74, 6) is 0.157. The monoisotopic (exact) mass is 285 g/mol. The maximum Gasteiger partial charge on any atom is 0.122 e. The normalized spacial score (nSPS) is 10.8. The lowest BCUT2D eigenvalue weighted by molar-refractivity contribution is 0.401. The van der Waals surface area contributed by atoms with Gasteiger partial charge >= 0.3 is 0 Å². The van der Waals surface area contributed by atoms with Crippen LogP contribution in [0.25, 0.3) is 22.2 Å². The van der Waals surface area contributed by atoms with E-state index < -0.39 is 0 Å². The largest absolute Gasteiger partial charge is 0.513 e. The lowest BCUT2D eigenvalue weighted by atomic mass is 10.0. The summed E-state index contributed by atoms with van der Waals surface area (Å²) in [6.45, 7) is 3.49. The number of rotatable bonds is 3. The average Bonchev–Trinajstić information content (AvgIpc) is 2.79. The first-order valence-electron chi connectivity index (χ1n) is 6.12. The summed E-state index contributed by atoms with van der Waals surface area (Å²) in [7, 11) is 0. The van der Waals surface area contributed by atoms with E-state index in [1.165, 1.54) is 0 Å². The Kier molecular flexibility index (Phi) is 3.16. The van der Waals surface area contributed by atoms with Crippen LogP contribution in [0.5, 0.6) is 0 Å². The van der Waals surface area contributed by atoms with Crippen molar-refractivity contribution in [3.63, 3.8) is 0 Å². The highest BCUT2D eigenvalue weighted by atomic mass is 35.5. The van der Waals surface area contributed by atoms with E-state index in [-0.39, 0.29) is 5.76 Å². The Morgan fingerprint density at radius 3 is 2.60 bits per heavy atom. The molecule has 0 atom stereocenters. The first kappa shape index (κ1) is 12.7. The second-order valence-corrected chi connectivity index (χ2v) is 4.86. The molecule has 4 nitrogen and oxygen atoms in total. The summed E-state index contributed by atoms with van der Waals surface area (Å²) >= 11 is 5.78. The fraction of sp³-hybridized carbons (Fsp3) is 0.0667. The van der Waals surface area contributed by atoms with Gasteiger partial charge in [0.25, 0.3) is 0 Å². The van der Waals surface area contributed by atoms with E-state index in [0.717, 1.165) is 32.0 Å². The highest BCUT2D eigenvalue weighted by molar-refractivity contribution is 6.14. The molecule has 0 spiro atoms. The number of fused-ring (bicyclic) bond motifs is 1. The number of aromatic nitrogens is 3. The van der Waals surface area contributed by atoms with Crippen LogP contribution in [0.4, 0.5) is 0 Å². The Morgan fingerprint density at radius 1 is 1.15 bits per heavy atom. The summed E-state index contributed by atoms with van der Waals surface area (Å²) in [6, 6.07) is 13.7. The van der Waals surface area contributed by atoms with Crippen LogP contribution < -0.4 is 0 Å². The molecular formula is C15H12ClN3O. The molecule has 0 saturated carbocycles. The third-order valence-corrected chi connectivity index (χ3v) is 3.21. The van der Waals surface area contributed by atoms with E-state index in [1.807, 2.05) is 42.5 Å². The van der Waals surface area contributed by atoms with Crippen LogP contribution in [-0.2, 0) is 6.42 Å². The zero-order valence-electron chi connectivity index (χ0n) is 10.6. The van der Waals surface area contributed by atoms with Gasteiger partial charge in [0.2, 0.25) is 0 Å². The van der Waals surface area contributed by atoms with Crippen molar-refractivity contribution in [1.29, 1.82) is 0 Å². The van der Waals surface area contributed by atoms with E-state index in [2.05, 4.69) is 16.8 Å². The van der Waals surface area contributed by atoms with Crippen LogP contribution in [0.1, 0.15) is 5.56 Å². The number of nitrogens with zero attached hydrogens (tertiary/aromatic N) is 3. The molecule has 100 valence electrons. The van der Waals surface area contributed by atoms with Crippen molar-refractivity contribution < 1.29 is 5.11 Å². The van der Waals surface area contributed by atoms with Crippen molar-refractivity contribution in [2.45, 2.75) is 6.42 Å². The van der Waals surface area contributed by atoms with Crippen molar-refractivity contribution >= 4 is 22.8 Å². The molecule has 0 aliphatic carbocycles. The molecule has 2 aromatic carbocycles. The van der Waals surface area contributed by atoms with Gasteiger partial charge in [0.1, 0.15) is 11.0 Å². The van der Waals surface area contributed by atoms with Crippen molar-refractivity contribution in [2.24, 2.45) is 0 Å². The smallest absolute Gasteiger partial charge is 0.122 e. The second-order valence-electron chi connectivity index (χ2n) is 4.55. The maximum atomic E-state index is 9.21. The third kappa shape index (κ3) is 2.38. The minimum Gasteiger partial charge on any atom is -0.513 e. The van der Waals surface area contributed by atoms with Gasteiger partial charge in [-0.2, -0.15) is 0 Å². The minimum absolute atomic E-state index is 0.157. The molecule has 0 saturated heterocycles. The quantitative estimate of drug-likeness (QED) is 0.746. The predicted molar refractivity (Wildman–Crippen MR) is 79.7 cm³/mol. The molecule has 20 heavy (non-hydrogen) atoms. The molecule has 1 N–H and O–H groups in total. The Balaban J connectivity index is 2.04. The van der Waals surface area contributed by atoms with Crippen molar-refractivity contribution in [3.05, 3.63) is 60.4 Å². The summed E-state index contributed by atoms with van der Waals surface area (Å²) < 4.78 is 1.05. The van der Waals surface area contributed by atoms with Crippen molar-refractivity contribution in [1.82, 2.24) is 14.5 Å². The van der Waals surface area contributed by atoms with Gasteiger partial charge in [-0.25, -0.2) is 0 Å².